The van der Waals surface area contributed by atoms with Crippen LogP contribution in [0.25, 0.3) is 10.9 Å². The number of fused-ring (bicyclic) bond motifs is 1. The molecule has 0 spiro atoms. The number of benzene rings is 2. The fourth-order valence-corrected chi connectivity index (χ4v) is 3.42. The molecule has 0 radical (unpaired) electrons. The average molecular weight is 430 g/mol. The standard InChI is InChI=1S/C22H24ClN3O4/c1-4-9-26(21(27)11-14-5-8-18(29-2)19(10-14)30-3)13-20-24-17-12-15(23)6-7-16(17)22(28)25-20/h5-8,10,12H,4,9,11,13H2,1-3H3,(H,24,25,28). The van der Waals surface area contributed by atoms with Crippen molar-refractivity contribution < 1.29 is 14.3 Å². The van der Waals surface area contributed by atoms with Crippen molar-refractivity contribution in [3.63, 3.8) is 0 Å². The van der Waals surface area contributed by atoms with E-state index >= 15 is 0 Å². The minimum Gasteiger partial charge on any atom is -0.493 e. The van der Waals surface area contributed by atoms with Crippen LogP contribution in [-0.2, 0) is 17.8 Å². The molecule has 1 aromatic heterocycles. The Morgan fingerprint density at radius 3 is 2.60 bits per heavy atom. The van der Waals surface area contributed by atoms with Gasteiger partial charge in [0.2, 0.25) is 5.91 Å². The Morgan fingerprint density at radius 1 is 1.13 bits per heavy atom. The summed E-state index contributed by atoms with van der Waals surface area (Å²) in [6, 6.07) is 10.3. The zero-order valence-corrected chi connectivity index (χ0v) is 18.0. The van der Waals surface area contributed by atoms with Crippen LogP contribution in [-0.4, -0.2) is 41.5 Å². The lowest BCUT2D eigenvalue weighted by Crippen LogP contribution is -2.34. The lowest BCUT2D eigenvalue weighted by atomic mass is 10.1. The number of amides is 1. The van der Waals surface area contributed by atoms with Crippen molar-refractivity contribution in [1.82, 2.24) is 14.9 Å². The molecular weight excluding hydrogens is 406 g/mol. The summed E-state index contributed by atoms with van der Waals surface area (Å²) < 4.78 is 10.6. The van der Waals surface area contributed by atoms with Crippen molar-refractivity contribution in [3.8, 4) is 11.5 Å². The molecule has 30 heavy (non-hydrogen) atoms. The second-order valence-electron chi connectivity index (χ2n) is 6.86. The largest absolute Gasteiger partial charge is 0.493 e. The molecule has 0 aliphatic heterocycles. The number of nitrogens with one attached hydrogen (secondary N) is 1. The van der Waals surface area contributed by atoms with E-state index in [9.17, 15) is 9.59 Å². The maximum Gasteiger partial charge on any atom is 0.258 e. The van der Waals surface area contributed by atoms with Crippen LogP contribution in [0.15, 0.2) is 41.2 Å². The first-order valence-electron chi connectivity index (χ1n) is 9.62. The highest BCUT2D eigenvalue weighted by molar-refractivity contribution is 6.31. The van der Waals surface area contributed by atoms with E-state index in [1.54, 1.807) is 49.5 Å². The Bertz CT molecular complexity index is 1110. The molecule has 8 heteroatoms. The van der Waals surface area contributed by atoms with Crippen molar-refractivity contribution in [1.29, 1.82) is 0 Å². The summed E-state index contributed by atoms with van der Waals surface area (Å²) >= 11 is 6.03. The van der Waals surface area contributed by atoms with Gasteiger partial charge < -0.3 is 19.4 Å². The van der Waals surface area contributed by atoms with Gasteiger partial charge in [0.1, 0.15) is 5.82 Å². The first kappa shape index (κ1) is 21.6. The highest BCUT2D eigenvalue weighted by Gasteiger charge is 2.17. The minimum absolute atomic E-state index is 0.0714. The predicted molar refractivity (Wildman–Crippen MR) is 116 cm³/mol. The average Bonchev–Trinajstić information content (AvgIpc) is 2.73. The van der Waals surface area contributed by atoms with E-state index in [0.717, 1.165) is 12.0 Å². The summed E-state index contributed by atoms with van der Waals surface area (Å²) in [6.07, 6.45) is 0.977. The van der Waals surface area contributed by atoms with Gasteiger partial charge in [-0.05, 0) is 42.3 Å². The smallest absolute Gasteiger partial charge is 0.258 e. The predicted octanol–water partition coefficient (Wildman–Crippen LogP) is 3.58. The van der Waals surface area contributed by atoms with E-state index in [4.69, 9.17) is 21.1 Å². The van der Waals surface area contributed by atoms with Gasteiger partial charge in [-0.25, -0.2) is 4.98 Å². The van der Waals surface area contributed by atoms with E-state index in [1.165, 1.54) is 0 Å². The lowest BCUT2D eigenvalue weighted by molar-refractivity contribution is -0.131. The van der Waals surface area contributed by atoms with E-state index in [2.05, 4.69) is 9.97 Å². The summed E-state index contributed by atoms with van der Waals surface area (Å²) in [5.74, 6) is 1.53. The van der Waals surface area contributed by atoms with Crippen molar-refractivity contribution in [2.75, 3.05) is 20.8 Å². The number of halogens is 1. The van der Waals surface area contributed by atoms with Gasteiger partial charge in [-0.1, -0.05) is 24.6 Å². The van der Waals surface area contributed by atoms with Gasteiger partial charge in [0, 0.05) is 11.6 Å². The molecule has 158 valence electrons. The Kier molecular flexibility index (Phi) is 6.95. The van der Waals surface area contributed by atoms with Crippen LogP contribution < -0.4 is 15.0 Å². The van der Waals surface area contributed by atoms with Crippen molar-refractivity contribution in [3.05, 3.63) is 63.2 Å². The quantitative estimate of drug-likeness (QED) is 0.591. The van der Waals surface area contributed by atoms with E-state index in [-0.39, 0.29) is 24.4 Å². The number of carbonyl (C=O) groups excluding carboxylic acids is 1. The second-order valence-corrected chi connectivity index (χ2v) is 7.29. The number of carbonyl (C=O) groups is 1. The Morgan fingerprint density at radius 2 is 1.90 bits per heavy atom. The number of ether oxygens (including phenoxy) is 2. The van der Waals surface area contributed by atoms with Crippen LogP contribution in [0.1, 0.15) is 24.7 Å². The monoisotopic (exact) mass is 429 g/mol. The zero-order valence-electron chi connectivity index (χ0n) is 17.2. The number of hydrogen-bond donors (Lipinski definition) is 1. The molecule has 0 unspecified atom stereocenters. The first-order chi connectivity index (χ1) is 14.4. The summed E-state index contributed by atoms with van der Waals surface area (Å²) in [7, 11) is 3.12. The molecule has 7 nitrogen and oxygen atoms in total. The summed E-state index contributed by atoms with van der Waals surface area (Å²) in [5.41, 5.74) is 1.06. The molecule has 0 aliphatic rings. The zero-order chi connectivity index (χ0) is 21.7. The molecule has 1 amide bonds. The lowest BCUT2D eigenvalue weighted by Gasteiger charge is -2.22. The number of hydrogen-bond acceptors (Lipinski definition) is 5. The van der Waals surface area contributed by atoms with Crippen molar-refractivity contribution >= 4 is 28.4 Å². The molecule has 2 aromatic carbocycles. The third-order valence-corrected chi connectivity index (χ3v) is 4.94. The molecule has 0 saturated heterocycles. The summed E-state index contributed by atoms with van der Waals surface area (Å²) in [5, 5.41) is 0.961. The third kappa shape index (κ3) is 4.91. The third-order valence-electron chi connectivity index (χ3n) is 4.71. The van der Waals surface area contributed by atoms with Crippen LogP contribution >= 0.6 is 11.6 Å². The Balaban J connectivity index is 1.83. The molecule has 3 aromatic rings. The molecule has 1 N–H and O–H groups in total. The van der Waals surface area contributed by atoms with Gasteiger partial charge in [0.25, 0.3) is 5.56 Å². The highest BCUT2D eigenvalue weighted by atomic mass is 35.5. The fraction of sp³-hybridized carbons (Fsp3) is 0.318. The van der Waals surface area contributed by atoms with E-state index < -0.39 is 0 Å². The van der Waals surface area contributed by atoms with Gasteiger partial charge in [-0.2, -0.15) is 0 Å². The van der Waals surface area contributed by atoms with Gasteiger partial charge in [-0.3, -0.25) is 9.59 Å². The number of aromatic nitrogens is 2. The molecule has 0 atom stereocenters. The number of H-pyrrole nitrogens is 1. The minimum atomic E-state index is -0.254. The van der Waals surface area contributed by atoms with Crippen molar-refractivity contribution in [2.24, 2.45) is 0 Å². The van der Waals surface area contributed by atoms with Gasteiger partial charge in [0.15, 0.2) is 11.5 Å². The molecule has 0 aliphatic carbocycles. The maximum atomic E-state index is 13.0. The van der Waals surface area contributed by atoms with Gasteiger partial charge >= 0.3 is 0 Å². The van der Waals surface area contributed by atoms with Gasteiger partial charge in [0.05, 0.1) is 38.1 Å². The molecule has 0 bridgehead atoms. The van der Waals surface area contributed by atoms with Crippen LogP contribution in [0.5, 0.6) is 11.5 Å². The Hall–Kier alpha value is -3.06. The second kappa shape index (κ2) is 9.63. The normalized spacial score (nSPS) is 10.8. The molecule has 3 rings (SSSR count). The molecule has 0 fully saturated rings. The number of methoxy groups -OCH3 is 2. The fourth-order valence-electron chi connectivity index (χ4n) is 3.26. The SMILES string of the molecule is CCCN(Cc1nc2cc(Cl)ccc2c(=O)[nH]1)C(=O)Cc1ccc(OC)c(OC)c1. The van der Waals surface area contributed by atoms with Crippen LogP contribution in [0.2, 0.25) is 5.02 Å². The van der Waals surface area contributed by atoms with Crippen LogP contribution in [0.4, 0.5) is 0 Å². The number of aromatic amines is 1. The van der Waals surface area contributed by atoms with E-state index in [0.29, 0.717) is 39.8 Å². The van der Waals surface area contributed by atoms with Crippen LogP contribution in [0, 0.1) is 0 Å². The molecule has 0 saturated carbocycles. The molecule has 1 heterocycles. The molecular formula is C22H24ClN3O4. The summed E-state index contributed by atoms with van der Waals surface area (Å²) in [4.78, 5) is 34.3. The van der Waals surface area contributed by atoms with Gasteiger partial charge in [-0.15, -0.1) is 0 Å². The van der Waals surface area contributed by atoms with Crippen LogP contribution in [0.3, 0.4) is 0 Å². The number of rotatable bonds is 8. The Labute approximate surface area is 179 Å². The number of nitrogens with zero attached hydrogens (tertiary/aromatic N) is 2. The topological polar surface area (TPSA) is 84.5 Å². The summed E-state index contributed by atoms with van der Waals surface area (Å²) in [6.45, 7) is 2.74. The first-order valence-corrected chi connectivity index (χ1v) is 10.00. The highest BCUT2D eigenvalue weighted by Crippen LogP contribution is 2.28. The maximum absolute atomic E-state index is 13.0. The van der Waals surface area contributed by atoms with Crippen molar-refractivity contribution in [2.45, 2.75) is 26.3 Å². The van der Waals surface area contributed by atoms with E-state index in [1.807, 2.05) is 13.0 Å².